The first kappa shape index (κ1) is 9.33. The summed E-state index contributed by atoms with van der Waals surface area (Å²) in [6.07, 6.45) is 1.31. The van der Waals surface area contributed by atoms with Gasteiger partial charge in [0.15, 0.2) is 5.78 Å². The maximum atomic E-state index is 10.6. The lowest BCUT2D eigenvalue weighted by Gasteiger charge is -1.99. The van der Waals surface area contributed by atoms with Gasteiger partial charge in [-0.1, -0.05) is 6.58 Å². The molecular formula is C7H13NO2. The number of nitrogens with one attached hydrogen (secondary N) is 1. The zero-order chi connectivity index (χ0) is 7.82. The Bertz CT molecular complexity index is 112. The lowest BCUT2D eigenvalue weighted by atomic mass is 10.4. The summed E-state index contributed by atoms with van der Waals surface area (Å²) in [7, 11) is 1.62. The number of methoxy groups -OCH3 is 1. The number of ketones is 1. The Kier molecular flexibility index (Phi) is 6.02. The monoisotopic (exact) mass is 143 g/mol. The Labute approximate surface area is 61.1 Å². The summed E-state index contributed by atoms with van der Waals surface area (Å²) < 4.78 is 4.76. The molecule has 0 atom stereocenters. The second kappa shape index (κ2) is 6.45. The number of hydrogen-bond donors (Lipinski definition) is 1. The average Bonchev–Trinajstić information content (AvgIpc) is 1.98. The Morgan fingerprint density at radius 2 is 2.50 bits per heavy atom. The third-order valence-corrected chi connectivity index (χ3v) is 1.01. The second-order valence-corrected chi connectivity index (χ2v) is 1.84. The molecule has 0 aliphatic carbocycles. The van der Waals surface area contributed by atoms with E-state index >= 15 is 0 Å². The molecule has 0 spiro atoms. The highest BCUT2D eigenvalue weighted by atomic mass is 16.5. The van der Waals surface area contributed by atoms with E-state index in [0.29, 0.717) is 19.7 Å². The van der Waals surface area contributed by atoms with Gasteiger partial charge in [0.1, 0.15) is 0 Å². The SMILES string of the molecule is C=CC(=O)CNCCOC. The molecule has 0 aliphatic heterocycles. The minimum Gasteiger partial charge on any atom is -0.383 e. The normalized spacial score (nSPS) is 9.30. The zero-order valence-electron chi connectivity index (χ0n) is 6.22. The van der Waals surface area contributed by atoms with Crippen LogP contribution in [0.4, 0.5) is 0 Å². The molecule has 0 unspecified atom stereocenters. The minimum atomic E-state index is 0.0103. The highest BCUT2D eigenvalue weighted by molar-refractivity contribution is 5.90. The number of rotatable bonds is 6. The Morgan fingerprint density at radius 3 is 3.00 bits per heavy atom. The molecule has 0 saturated carbocycles. The first-order chi connectivity index (χ1) is 4.81. The fraction of sp³-hybridized carbons (Fsp3) is 0.571. The summed E-state index contributed by atoms with van der Waals surface area (Å²) in [4.78, 5) is 10.6. The van der Waals surface area contributed by atoms with Crippen molar-refractivity contribution >= 4 is 5.78 Å². The van der Waals surface area contributed by atoms with Crippen LogP contribution in [0.3, 0.4) is 0 Å². The van der Waals surface area contributed by atoms with E-state index in [1.165, 1.54) is 6.08 Å². The van der Waals surface area contributed by atoms with E-state index in [2.05, 4.69) is 11.9 Å². The van der Waals surface area contributed by atoms with Crippen LogP contribution in [0.15, 0.2) is 12.7 Å². The maximum absolute atomic E-state index is 10.6. The minimum absolute atomic E-state index is 0.0103. The van der Waals surface area contributed by atoms with Gasteiger partial charge in [-0.05, 0) is 6.08 Å². The van der Waals surface area contributed by atoms with Crippen molar-refractivity contribution in [3.05, 3.63) is 12.7 Å². The molecule has 10 heavy (non-hydrogen) atoms. The van der Waals surface area contributed by atoms with Crippen molar-refractivity contribution in [3.63, 3.8) is 0 Å². The third-order valence-electron chi connectivity index (χ3n) is 1.01. The van der Waals surface area contributed by atoms with Crippen LogP contribution in [0.25, 0.3) is 0 Å². The van der Waals surface area contributed by atoms with Gasteiger partial charge < -0.3 is 10.1 Å². The van der Waals surface area contributed by atoms with E-state index in [1.54, 1.807) is 7.11 Å². The Morgan fingerprint density at radius 1 is 1.80 bits per heavy atom. The molecule has 0 fully saturated rings. The van der Waals surface area contributed by atoms with E-state index < -0.39 is 0 Å². The molecule has 3 nitrogen and oxygen atoms in total. The second-order valence-electron chi connectivity index (χ2n) is 1.84. The van der Waals surface area contributed by atoms with Crippen molar-refractivity contribution in [1.29, 1.82) is 0 Å². The van der Waals surface area contributed by atoms with Crippen molar-refractivity contribution in [1.82, 2.24) is 5.32 Å². The van der Waals surface area contributed by atoms with Crippen LogP contribution < -0.4 is 5.32 Å². The predicted octanol–water partition coefficient (Wildman–Crippen LogP) is -0.0225. The summed E-state index contributed by atoms with van der Waals surface area (Å²) >= 11 is 0. The molecule has 0 amide bonds. The molecule has 0 radical (unpaired) electrons. The summed E-state index contributed by atoms with van der Waals surface area (Å²) in [6, 6.07) is 0. The topological polar surface area (TPSA) is 38.3 Å². The van der Waals surface area contributed by atoms with Crippen LogP contribution in [-0.2, 0) is 9.53 Å². The van der Waals surface area contributed by atoms with Gasteiger partial charge in [0.2, 0.25) is 0 Å². The van der Waals surface area contributed by atoms with Gasteiger partial charge in [-0.25, -0.2) is 0 Å². The molecule has 0 aliphatic rings. The Hall–Kier alpha value is -0.670. The summed E-state index contributed by atoms with van der Waals surface area (Å²) in [5.74, 6) is 0.0103. The molecule has 0 aromatic carbocycles. The van der Waals surface area contributed by atoms with E-state index in [9.17, 15) is 4.79 Å². The standard InChI is InChI=1S/C7H13NO2/c1-3-7(9)6-8-4-5-10-2/h3,8H,1,4-6H2,2H3. The predicted molar refractivity (Wildman–Crippen MR) is 39.9 cm³/mol. The van der Waals surface area contributed by atoms with E-state index in [4.69, 9.17) is 4.74 Å². The van der Waals surface area contributed by atoms with Crippen molar-refractivity contribution < 1.29 is 9.53 Å². The molecule has 0 aromatic rings. The van der Waals surface area contributed by atoms with Gasteiger partial charge in [-0.2, -0.15) is 0 Å². The van der Waals surface area contributed by atoms with E-state index in [1.807, 2.05) is 0 Å². The molecule has 0 heterocycles. The highest BCUT2D eigenvalue weighted by Crippen LogP contribution is 1.69. The largest absolute Gasteiger partial charge is 0.383 e. The van der Waals surface area contributed by atoms with Crippen LogP contribution >= 0.6 is 0 Å². The number of ether oxygens (including phenoxy) is 1. The molecule has 0 bridgehead atoms. The fourth-order valence-electron chi connectivity index (χ4n) is 0.458. The smallest absolute Gasteiger partial charge is 0.168 e. The van der Waals surface area contributed by atoms with E-state index in [0.717, 1.165) is 0 Å². The van der Waals surface area contributed by atoms with E-state index in [-0.39, 0.29) is 5.78 Å². The maximum Gasteiger partial charge on any atom is 0.168 e. The fourth-order valence-corrected chi connectivity index (χ4v) is 0.458. The summed E-state index contributed by atoms with van der Waals surface area (Å²) in [6.45, 7) is 5.03. The zero-order valence-corrected chi connectivity index (χ0v) is 6.22. The third kappa shape index (κ3) is 5.47. The van der Waals surface area contributed by atoms with Gasteiger partial charge in [0.05, 0.1) is 13.2 Å². The lowest BCUT2D eigenvalue weighted by molar-refractivity contribution is -0.113. The molecule has 58 valence electrons. The molecule has 0 rings (SSSR count). The molecule has 1 N–H and O–H groups in total. The summed E-state index contributed by atoms with van der Waals surface area (Å²) in [5, 5.41) is 2.89. The highest BCUT2D eigenvalue weighted by Gasteiger charge is 1.91. The van der Waals surface area contributed by atoms with Crippen LogP contribution in [0.2, 0.25) is 0 Å². The molecular weight excluding hydrogens is 130 g/mol. The van der Waals surface area contributed by atoms with Gasteiger partial charge in [-0.3, -0.25) is 4.79 Å². The summed E-state index contributed by atoms with van der Waals surface area (Å²) in [5.41, 5.74) is 0. The molecule has 3 heteroatoms. The van der Waals surface area contributed by atoms with Crippen LogP contribution in [-0.4, -0.2) is 32.6 Å². The number of carbonyl (C=O) groups is 1. The molecule has 0 aromatic heterocycles. The van der Waals surface area contributed by atoms with Gasteiger partial charge >= 0.3 is 0 Å². The molecule has 0 saturated heterocycles. The van der Waals surface area contributed by atoms with Gasteiger partial charge in [0, 0.05) is 13.7 Å². The lowest BCUT2D eigenvalue weighted by Crippen LogP contribution is -2.24. The van der Waals surface area contributed by atoms with Crippen molar-refractivity contribution in [2.24, 2.45) is 0 Å². The van der Waals surface area contributed by atoms with Crippen molar-refractivity contribution in [2.75, 3.05) is 26.8 Å². The van der Waals surface area contributed by atoms with Crippen molar-refractivity contribution in [2.45, 2.75) is 0 Å². The van der Waals surface area contributed by atoms with Crippen LogP contribution in [0, 0.1) is 0 Å². The van der Waals surface area contributed by atoms with Crippen molar-refractivity contribution in [3.8, 4) is 0 Å². The van der Waals surface area contributed by atoms with Crippen LogP contribution in [0.1, 0.15) is 0 Å². The Balaban J connectivity index is 3.03. The first-order valence-electron chi connectivity index (χ1n) is 3.16. The van der Waals surface area contributed by atoms with Gasteiger partial charge in [0.25, 0.3) is 0 Å². The quantitative estimate of drug-likeness (QED) is 0.419. The van der Waals surface area contributed by atoms with Gasteiger partial charge in [-0.15, -0.1) is 0 Å². The van der Waals surface area contributed by atoms with Crippen LogP contribution in [0.5, 0.6) is 0 Å². The average molecular weight is 143 g/mol. The number of carbonyl (C=O) groups excluding carboxylic acids is 1. The first-order valence-corrected chi connectivity index (χ1v) is 3.16. The number of hydrogen-bond acceptors (Lipinski definition) is 3.